The van der Waals surface area contributed by atoms with Gasteiger partial charge < -0.3 is 0 Å². The number of piperazine rings is 1. The van der Waals surface area contributed by atoms with Gasteiger partial charge in [-0.3, -0.25) is 14.9 Å². The molecule has 0 spiro atoms. The Hall–Kier alpha value is -1.17. The van der Waals surface area contributed by atoms with Crippen LogP contribution in [0, 0.1) is 5.92 Å². The number of aromatic amines is 1. The van der Waals surface area contributed by atoms with E-state index in [1.807, 2.05) is 6.20 Å². The molecule has 0 radical (unpaired) electrons. The number of halogens is 1. The second-order valence-electron chi connectivity index (χ2n) is 7.75. The Morgan fingerprint density at radius 2 is 1.96 bits per heavy atom. The lowest BCUT2D eigenvalue weighted by atomic mass is 9.49. The lowest BCUT2D eigenvalue weighted by Gasteiger charge is -2.67. The number of nitrogens with one attached hydrogen (secondary N) is 1. The zero-order chi connectivity index (χ0) is 16.1. The minimum Gasteiger partial charge on any atom is -0.296 e. The molecule has 24 heavy (non-hydrogen) atoms. The summed E-state index contributed by atoms with van der Waals surface area (Å²) in [5.41, 5.74) is 4.28. The van der Waals surface area contributed by atoms with E-state index in [1.165, 1.54) is 56.6 Å². The highest BCUT2D eigenvalue weighted by Gasteiger charge is 2.59. The lowest BCUT2D eigenvalue weighted by molar-refractivity contribution is -0.155. The van der Waals surface area contributed by atoms with Gasteiger partial charge >= 0.3 is 0 Å². The van der Waals surface area contributed by atoms with Crippen molar-refractivity contribution in [1.82, 2.24) is 20.0 Å². The van der Waals surface area contributed by atoms with Gasteiger partial charge in [0.25, 0.3) is 0 Å². The molecule has 2 aromatic rings. The lowest BCUT2D eigenvalue weighted by Crippen LogP contribution is -2.70. The van der Waals surface area contributed by atoms with E-state index in [0.717, 1.165) is 22.6 Å². The van der Waals surface area contributed by atoms with E-state index in [0.29, 0.717) is 5.54 Å². The SMILES string of the molecule is Brc1cccc(-c2[nH]ncc2CN2CCN(C34CC(C3)C4)CC2)c1. The largest absolute Gasteiger partial charge is 0.296 e. The van der Waals surface area contributed by atoms with Crippen molar-refractivity contribution in [2.45, 2.75) is 31.3 Å². The van der Waals surface area contributed by atoms with Crippen molar-refractivity contribution in [2.75, 3.05) is 26.2 Å². The first kappa shape index (κ1) is 15.1. The molecule has 0 atom stereocenters. The monoisotopic (exact) mass is 386 g/mol. The second kappa shape index (κ2) is 5.68. The maximum Gasteiger partial charge on any atom is 0.0695 e. The molecule has 126 valence electrons. The zero-order valence-electron chi connectivity index (χ0n) is 13.8. The number of benzene rings is 1. The van der Waals surface area contributed by atoms with Gasteiger partial charge in [0.1, 0.15) is 0 Å². The molecule has 1 saturated heterocycles. The standard InChI is InChI=1S/C19H23BrN4/c20-17-3-1-2-15(8-17)18-16(12-21-22-18)13-23-4-6-24(7-5-23)19-9-14(10-19)11-19/h1-3,8,12,14H,4-7,9-11,13H2,(H,21,22). The molecule has 4 nitrogen and oxygen atoms in total. The smallest absolute Gasteiger partial charge is 0.0695 e. The molecule has 1 N–H and O–H groups in total. The molecule has 5 heteroatoms. The molecule has 1 aliphatic heterocycles. The molecule has 0 amide bonds. The van der Waals surface area contributed by atoms with Gasteiger partial charge in [-0.05, 0) is 37.3 Å². The molecule has 3 saturated carbocycles. The zero-order valence-corrected chi connectivity index (χ0v) is 15.4. The summed E-state index contributed by atoms with van der Waals surface area (Å²) >= 11 is 3.56. The van der Waals surface area contributed by atoms with Crippen LogP contribution < -0.4 is 0 Å². The van der Waals surface area contributed by atoms with E-state index in [-0.39, 0.29) is 0 Å². The fourth-order valence-corrected chi connectivity index (χ4v) is 5.17. The van der Waals surface area contributed by atoms with Gasteiger partial charge in [-0.2, -0.15) is 5.10 Å². The molecule has 4 fully saturated rings. The third-order valence-corrected chi connectivity index (χ3v) is 6.77. The number of hydrogen-bond acceptors (Lipinski definition) is 3. The number of nitrogens with zero attached hydrogens (tertiary/aromatic N) is 3. The van der Waals surface area contributed by atoms with Crippen LogP contribution in [0.1, 0.15) is 24.8 Å². The van der Waals surface area contributed by atoms with Crippen molar-refractivity contribution in [3.8, 4) is 11.3 Å². The highest BCUT2D eigenvalue weighted by molar-refractivity contribution is 9.10. The van der Waals surface area contributed by atoms with Crippen LogP contribution in [0.3, 0.4) is 0 Å². The van der Waals surface area contributed by atoms with E-state index in [2.05, 4.69) is 60.2 Å². The number of aromatic nitrogens is 2. The molecular weight excluding hydrogens is 364 g/mol. The third-order valence-electron chi connectivity index (χ3n) is 6.27. The van der Waals surface area contributed by atoms with Crippen molar-refractivity contribution in [1.29, 1.82) is 0 Å². The Kier molecular flexibility index (Phi) is 3.58. The maximum absolute atomic E-state index is 4.30. The van der Waals surface area contributed by atoms with Crippen molar-refractivity contribution in [3.05, 3.63) is 40.5 Å². The first-order chi connectivity index (χ1) is 11.7. The first-order valence-corrected chi connectivity index (χ1v) is 9.77. The molecule has 0 unspecified atom stereocenters. The Labute approximate surface area is 151 Å². The highest BCUT2D eigenvalue weighted by atomic mass is 79.9. The quantitative estimate of drug-likeness (QED) is 0.872. The number of H-pyrrole nitrogens is 1. The van der Waals surface area contributed by atoms with Gasteiger partial charge in [-0.15, -0.1) is 0 Å². The fraction of sp³-hybridized carbons (Fsp3) is 0.526. The van der Waals surface area contributed by atoms with Crippen molar-refractivity contribution < 1.29 is 0 Å². The molecule has 1 aromatic carbocycles. The van der Waals surface area contributed by atoms with Crippen LogP contribution in [0.25, 0.3) is 11.3 Å². The predicted molar refractivity (Wildman–Crippen MR) is 98.6 cm³/mol. The Morgan fingerprint density at radius 1 is 1.17 bits per heavy atom. The average Bonchev–Trinajstić information content (AvgIpc) is 2.94. The first-order valence-electron chi connectivity index (χ1n) is 8.97. The molecule has 3 aliphatic carbocycles. The topological polar surface area (TPSA) is 35.2 Å². The van der Waals surface area contributed by atoms with Crippen LogP contribution in [0.15, 0.2) is 34.9 Å². The summed E-state index contributed by atoms with van der Waals surface area (Å²) in [6.45, 7) is 5.81. The summed E-state index contributed by atoms with van der Waals surface area (Å²) in [6.07, 6.45) is 6.41. The van der Waals surface area contributed by atoms with Gasteiger partial charge in [-0.25, -0.2) is 0 Å². The Bertz CT molecular complexity index is 730. The maximum atomic E-state index is 4.30. The Balaban J connectivity index is 1.25. The summed E-state index contributed by atoms with van der Waals surface area (Å²) in [6, 6.07) is 8.43. The highest BCUT2D eigenvalue weighted by Crippen LogP contribution is 2.60. The number of rotatable bonds is 4. The summed E-state index contributed by atoms with van der Waals surface area (Å²) in [5.74, 6) is 1.07. The molecule has 2 bridgehead atoms. The van der Waals surface area contributed by atoms with Gasteiger partial charge in [0.15, 0.2) is 0 Å². The van der Waals surface area contributed by atoms with Gasteiger partial charge in [-0.1, -0.05) is 28.1 Å². The molecule has 4 aliphatic rings. The van der Waals surface area contributed by atoms with Gasteiger partial charge in [0.2, 0.25) is 0 Å². The molecular formula is C19H23BrN4. The average molecular weight is 387 g/mol. The fourth-order valence-electron chi connectivity index (χ4n) is 4.77. The van der Waals surface area contributed by atoms with E-state index in [4.69, 9.17) is 0 Å². The summed E-state index contributed by atoms with van der Waals surface area (Å²) in [4.78, 5) is 5.35. The van der Waals surface area contributed by atoms with Crippen LogP contribution >= 0.6 is 15.9 Å². The second-order valence-corrected chi connectivity index (χ2v) is 8.66. The van der Waals surface area contributed by atoms with Crippen LogP contribution in [-0.2, 0) is 6.54 Å². The minimum atomic E-state index is 0.633. The summed E-state index contributed by atoms with van der Waals surface area (Å²) < 4.78 is 1.10. The molecule has 6 rings (SSSR count). The summed E-state index contributed by atoms with van der Waals surface area (Å²) in [5, 5.41) is 7.49. The van der Waals surface area contributed by atoms with Gasteiger partial charge in [0, 0.05) is 53.9 Å². The van der Waals surface area contributed by atoms with Crippen LogP contribution in [0.5, 0.6) is 0 Å². The Morgan fingerprint density at radius 3 is 2.62 bits per heavy atom. The van der Waals surface area contributed by atoms with E-state index < -0.39 is 0 Å². The van der Waals surface area contributed by atoms with Crippen molar-refractivity contribution in [3.63, 3.8) is 0 Å². The molecule has 2 heterocycles. The summed E-state index contributed by atoms with van der Waals surface area (Å²) in [7, 11) is 0. The number of hydrogen-bond donors (Lipinski definition) is 1. The third kappa shape index (κ3) is 2.45. The van der Waals surface area contributed by atoms with Crippen molar-refractivity contribution >= 4 is 15.9 Å². The van der Waals surface area contributed by atoms with Crippen LogP contribution in [0.4, 0.5) is 0 Å². The minimum absolute atomic E-state index is 0.633. The van der Waals surface area contributed by atoms with Crippen LogP contribution in [-0.4, -0.2) is 51.7 Å². The van der Waals surface area contributed by atoms with Crippen molar-refractivity contribution in [2.24, 2.45) is 5.92 Å². The predicted octanol–water partition coefficient (Wildman–Crippen LogP) is 3.51. The van der Waals surface area contributed by atoms with E-state index >= 15 is 0 Å². The van der Waals surface area contributed by atoms with Crippen LogP contribution in [0.2, 0.25) is 0 Å². The van der Waals surface area contributed by atoms with Gasteiger partial charge in [0.05, 0.1) is 11.9 Å². The van der Waals surface area contributed by atoms with E-state index in [1.54, 1.807) is 0 Å². The normalized spacial score (nSPS) is 30.0. The van der Waals surface area contributed by atoms with E-state index in [9.17, 15) is 0 Å². The molecule has 1 aromatic heterocycles.